The van der Waals surface area contributed by atoms with Crippen LogP contribution in [-0.4, -0.2) is 23.6 Å². The number of nitrogens with one attached hydrogen (secondary N) is 1. The van der Waals surface area contributed by atoms with Crippen molar-refractivity contribution in [2.45, 2.75) is 6.92 Å². The van der Waals surface area contributed by atoms with Crippen molar-refractivity contribution in [2.75, 3.05) is 11.9 Å². The van der Waals surface area contributed by atoms with Crippen molar-refractivity contribution in [2.24, 2.45) is 0 Å². The van der Waals surface area contributed by atoms with Gasteiger partial charge in [0.25, 0.3) is 5.91 Å². The maximum absolute atomic E-state index is 12.0. The van der Waals surface area contributed by atoms with E-state index in [2.05, 4.69) is 10.5 Å². The lowest BCUT2D eigenvalue weighted by Gasteiger charge is -2.03. The molecular formula is C17H13ClN2O5. The van der Waals surface area contributed by atoms with Gasteiger partial charge in [-0.3, -0.25) is 4.79 Å². The minimum Gasteiger partial charge on any atom is -0.450 e. The summed E-state index contributed by atoms with van der Waals surface area (Å²) in [6.07, 6.45) is 0. The van der Waals surface area contributed by atoms with Gasteiger partial charge in [-0.25, -0.2) is 4.79 Å². The van der Waals surface area contributed by atoms with Gasteiger partial charge in [0, 0.05) is 11.6 Å². The Hall–Kier alpha value is -3.06. The summed E-state index contributed by atoms with van der Waals surface area (Å²) in [6.45, 7) is 1.21. The summed E-state index contributed by atoms with van der Waals surface area (Å²) >= 11 is 6.09. The van der Waals surface area contributed by atoms with Crippen LogP contribution in [0.25, 0.3) is 11.3 Å². The predicted octanol–water partition coefficient (Wildman–Crippen LogP) is 3.69. The third kappa shape index (κ3) is 4.07. The van der Waals surface area contributed by atoms with Gasteiger partial charge in [0.05, 0.1) is 5.02 Å². The number of furan rings is 1. The van der Waals surface area contributed by atoms with E-state index in [1.54, 1.807) is 43.3 Å². The molecule has 0 saturated carbocycles. The zero-order valence-corrected chi connectivity index (χ0v) is 13.9. The van der Waals surface area contributed by atoms with Crippen molar-refractivity contribution in [1.82, 2.24) is 5.16 Å². The minimum absolute atomic E-state index is 0.0278. The molecule has 1 N–H and O–H groups in total. The highest BCUT2D eigenvalue weighted by molar-refractivity contribution is 6.33. The highest BCUT2D eigenvalue weighted by Gasteiger charge is 2.17. The Morgan fingerprint density at radius 1 is 1.24 bits per heavy atom. The van der Waals surface area contributed by atoms with E-state index >= 15 is 0 Å². The fourth-order valence-corrected chi connectivity index (χ4v) is 2.29. The number of aromatic nitrogens is 1. The molecule has 0 aliphatic carbocycles. The average Bonchev–Trinajstić information content (AvgIpc) is 3.22. The van der Waals surface area contributed by atoms with Crippen LogP contribution in [0.15, 0.2) is 51.4 Å². The molecule has 0 saturated heterocycles. The first-order valence-corrected chi connectivity index (χ1v) is 7.66. The number of esters is 1. The zero-order chi connectivity index (χ0) is 17.8. The summed E-state index contributed by atoms with van der Waals surface area (Å²) in [4.78, 5) is 23.7. The number of carbonyl (C=O) groups excluding carboxylic acids is 2. The minimum atomic E-state index is -0.759. The van der Waals surface area contributed by atoms with Gasteiger partial charge in [-0.1, -0.05) is 28.9 Å². The van der Waals surface area contributed by atoms with Gasteiger partial charge in [-0.05, 0) is 31.2 Å². The number of aryl methyl sites for hydroxylation is 1. The number of carbonyl (C=O) groups is 2. The Labute approximate surface area is 147 Å². The fourth-order valence-electron chi connectivity index (χ4n) is 2.06. The third-order valence-corrected chi connectivity index (χ3v) is 3.51. The molecule has 0 radical (unpaired) electrons. The lowest BCUT2D eigenvalue weighted by molar-refractivity contribution is -0.119. The Kier molecular flexibility index (Phi) is 4.85. The van der Waals surface area contributed by atoms with Crippen LogP contribution >= 0.6 is 11.6 Å². The van der Waals surface area contributed by atoms with Gasteiger partial charge in [0.1, 0.15) is 11.5 Å². The second-order valence-corrected chi connectivity index (χ2v) is 5.50. The second-order valence-electron chi connectivity index (χ2n) is 5.09. The molecule has 2 heterocycles. The molecule has 3 rings (SSSR count). The number of rotatable bonds is 5. The molecular weight excluding hydrogens is 348 g/mol. The highest BCUT2D eigenvalue weighted by Crippen LogP contribution is 2.29. The van der Waals surface area contributed by atoms with Crippen LogP contribution in [0.1, 0.15) is 16.3 Å². The molecule has 0 bridgehead atoms. The lowest BCUT2D eigenvalue weighted by Crippen LogP contribution is -2.20. The van der Waals surface area contributed by atoms with Crippen LogP contribution in [0.3, 0.4) is 0 Å². The molecule has 25 heavy (non-hydrogen) atoms. The number of halogens is 1. The number of hydrogen-bond donors (Lipinski definition) is 1. The van der Waals surface area contributed by atoms with Crippen molar-refractivity contribution in [3.63, 3.8) is 0 Å². The summed E-state index contributed by atoms with van der Waals surface area (Å²) in [6, 6.07) is 11.7. The van der Waals surface area contributed by atoms with Crippen molar-refractivity contribution < 1.29 is 23.3 Å². The summed E-state index contributed by atoms with van der Waals surface area (Å²) in [5.74, 6) is -0.100. The Morgan fingerprint density at radius 3 is 2.76 bits per heavy atom. The molecule has 0 unspecified atom stereocenters. The predicted molar refractivity (Wildman–Crippen MR) is 89.3 cm³/mol. The number of ether oxygens (including phenoxy) is 1. The van der Waals surface area contributed by atoms with Crippen molar-refractivity contribution in [1.29, 1.82) is 0 Å². The zero-order valence-electron chi connectivity index (χ0n) is 13.1. The first-order valence-electron chi connectivity index (χ1n) is 7.28. The van der Waals surface area contributed by atoms with Crippen molar-refractivity contribution >= 4 is 29.3 Å². The summed E-state index contributed by atoms with van der Waals surface area (Å²) in [7, 11) is 0. The third-order valence-electron chi connectivity index (χ3n) is 3.18. The Morgan fingerprint density at radius 2 is 2.04 bits per heavy atom. The van der Waals surface area contributed by atoms with Crippen LogP contribution in [0.2, 0.25) is 5.02 Å². The smallest absolute Gasteiger partial charge is 0.374 e. The van der Waals surface area contributed by atoms with Crippen LogP contribution < -0.4 is 5.32 Å². The number of nitrogens with zero attached hydrogens (tertiary/aromatic N) is 1. The van der Waals surface area contributed by atoms with Gasteiger partial charge in [0.2, 0.25) is 5.76 Å². The van der Waals surface area contributed by atoms with E-state index in [-0.39, 0.29) is 11.6 Å². The van der Waals surface area contributed by atoms with Gasteiger partial charge >= 0.3 is 5.97 Å². The number of hydrogen-bond acceptors (Lipinski definition) is 6. The molecule has 2 aromatic heterocycles. The van der Waals surface area contributed by atoms with E-state index < -0.39 is 18.5 Å². The summed E-state index contributed by atoms with van der Waals surface area (Å²) in [5.41, 5.74) is 0.655. The Balaban J connectivity index is 1.59. The average molecular weight is 361 g/mol. The van der Waals surface area contributed by atoms with Crippen LogP contribution in [0.5, 0.6) is 0 Å². The van der Waals surface area contributed by atoms with E-state index in [4.69, 9.17) is 25.3 Å². The summed E-state index contributed by atoms with van der Waals surface area (Å²) < 4.78 is 15.2. The van der Waals surface area contributed by atoms with E-state index in [1.807, 2.05) is 0 Å². The molecule has 0 fully saturated rings. The first-order chi connectivity index (χ1) is 12.0. The molecule has 0 atom stereocenters. The fraction of sp³-hybridized carbons (Fsp3) is 0.118. The van der Waals surface area contributed by atoms with Crippen LogP contribution in [0, 0.1) is 6.92 Å². The highest BCUT2D eigenvalue weighted by atomic mass is 35.5. The molecule has 0 aliphatic rings. The van der Waals surface area contributed by atoms with Gasteiger partial charge in [0.15, 0.2) is 12.4 Å². The summed E-state index contributed by atoms with van der Waals surface area (Å²) in [5, 5.41) is 6.55. The van der Waals surface area contributed by atoms with E-state index in [0.717, 1.165) is 0 Å². The monoisotopic (exact) mass is 360 g/mol. The number of amides is 1. The van der Waals surface area contributed by atoms with E-state index in [9.17, 15) is 9.59 Å². The van der Waals surface area contributed by atoms with Crippen LogP contribution in [0.4, 0.5) is 5.82 Å². The van der Waals surface area contributed by atoms with E-state index in [0.29, 0.717) is 22.1 Å². The number of benzene rings is 1. The van der Waals surface area contributed by atoms with Crippen molar-refractivity contribution in [3.8, 4) is 11.3 Å². The van der Waals surface area contributed by atoms with Gasteiger partial charge < -0.3 is 19.0 Å². The number of anilines is 1. The maximum Gasteiger partial charge on any atom is 0.374 e. The molecule has 1 aromatic carbocycles. The quantitative estimate of drug-likeness (QED) is 0.697. The Bertz CT molecular complexity index is 915. The second kappa shape index (κ2) is 7.23. The maximum atomic E-state index is 12.0. The van der Waals surface area contributed by atoms with E-state index in [1.165, 1.54) is 6.07 Å². The van der Waals surface area contributed by atoms with Crippen molar-refractivity contribution in [3.05, 3.63) is 59.0 Å². The molecule has 7 nitrogen and oxygen atoms in total. The van der Waals surface area contributed by atoms with Crippen LogP contribution in [-0.2, 0) is 9.53 Å². The molecule has 0 spiro atoms. The largest absolute Gasteiger partial charge is 0.450 e. The normalized spacial score (nSPS) is 10.5. The molecule has 0 aliphatic heterocycles. The molecule has 128 valence electrons. The lowest BCUT2D eigenvalue weighted by atomic mass is 10.2. The molecule has 1 amide bonds. The standard InChI is InChI=1S/C17H13ClN2O5/c1-10-8-15(20-25-10)19-16(21)9-23-17(22)14-7-6-13(24-14)11-4-2-3-5-12(11)18/h2-8H,9H2,1H3,(H,19,20,21). The molecule has 8 heteroatoms. The van der Waals surface area contributed by atoms with Gasteiger partial charge in [-0.15, -0.1) is 0 Å². The molecule has 3 aromatic rings. The van der Waals surface area contributed by atoms with Gasteiger partial charge in [-0.2, -0.15) is 0 Å². The SMILES string of the molecule is Cc1cc(NC(=O)COC(=O)c2ccc(-c3ccccc3Cl)o2)no1. The first kappa shape index (κ1) is 16.8. The topological polar surface area (TPSA) is 94.6 Å².